The molecule has 0 spiro atoms. The molecule has 0 unspecified atom stereocenters. The van der Waals surface area contributed by atoms with Crippen LogP contribution in [0.3, 0.4) is 0 Å². The van der Waals surface area contributed by atoms with Crippen molar-refractivity contribution in [2.45, 2.75) is 38.7 Å². The number of hydrogen-bond donors (Lipinski definition) is 4. The maximum atomic E-state index is 11.8. The summed E-state index contributed by atoms with van der Waals surface area (Å²) in [5, 5.41) is 20.4. The molecule has 2 aromatic rings. The third kappa shape index (κ3) is 1.79. The number of ether oxygens (including phenoxy) is 1. The number of aliphatic hydroxyl groups is 2. The van der Waals surface area contributed by atoms with Gasteiger partial charge in [-0.15, -0.1) is 0 Å². The predicted molar refractivity (Wildman–Crippen MR) is 78.0 cm³/mol. The van der Waals surface area contributed by atoms with E-state index < -0.39 is 28.9 Å². The van der Waals surface area contributed by atoms with Crippen LogP contribution in [0.2, 0.25) is 0 Å². The molecule has 0 saturated carbocycles. The number of fused-ring (bicyclic) bond motifs is 1. The van der Waals surface area contributed by atoms with E-state index in [1.54, 1.807) is 6.92 Å². The lowest BCUT2D eigenvalue weighted by Crippen LogP contribution is -2.46. The van der Waals surface area contributed by atoms with Crippen LogP contribution in [0.4, 0.5) is 5.95 Å². The standard InChI is InChI=1S/C13H19N5O4/c1-12(2)6(4-19)22-10(13(12,3)21)18-5-15-7-8(18)16-11(14)17-9(7)20/h5-6,10,19,21H,4H2,1-3H3,(H3,14,16,17,20)/t6-,10-,13+/m1/s1. The number of nitrogen functional groups attached to an aromatic ring is 1. The number of aromatic nitrogens is 4. The molecule has 0 amide bonds. The Morgan fingerprint density at radius 2 is 2.18 bits per heavy atom. The first-order chi connectivity index (χ1) is 10.2. The molecule has 1 saturated heterocycles. The van der Waals surface area contributed by atoms with Crippen LogP contribution in [0.5, 0.6) is 0 Å². The van der Waals surface area contributed by atoms with E-state index in [4.69, 9.17) is 10.5 Å². The van der Waals surface area contributed by atoms with Crippen LogP contribution >= 0.6 is 0 Å². The highest BCUT2D eigenvalue weighted by atomic mass is 16.5. The van der Waals surface area contributed by atoms with Gasteiger partial charge >= 0.3 is 0 Å². The minimum Gasteiger partial charge on any atom is -0.394 e. The first kappa shape index (κ1) is 14.9. The number of H-pyrrole nitrogens is 1. The summed E-state index contributed by atoms with van der Waals surface area (Å²) < 4.78 is 7.27. The molecule has 0 aliphatic carbocycles. The van der Waals surface area contributed by atoms with Crippen LogP contribution < -0.4 is 11.3 Å². The highest BCUT2D eigenvalue weighted by molar-refractivity contribution is 5.70. The van der Waals surface area contributed by atoms with E-state index in [0.29, 0.717) is 0 Å². The Morgan fingerprint density at radius 3 is 2.77 bits per heavy atom. The van der Waals surface area contributed by atoms with Gasteiger partial charge in [0, 0.05) is 5.41 Å². The zero-order valence-corrected chi connectivity index (χ0v) is 12.6. The van der Waals surface area contributed by atoms with Gasteiger partial charge < -0.3 is 20.7 Å². The molecule has 1 aliphatic rings. The lowest BCUT2D eigenvalue weighted by molar-refractivity contribution is -0.0942. The van der Waals surface area contributed by atoms with Crippen molar-refractivity contribution in [3.63, 3.8) is 0 Å². The zero-order valence-electron chi connectivity index (χ0n) is 12.6. The first-order valence-corrected chi connectivity index (χ1v) is 6.91. The first-order valence-electron chi connectivity index (χ1n) is 6.91. The van der Waals surface area contributed by atoms with Crippen molar-refractivity contribution in [1.29, 1.82) is 0 Å². The van der Waals surface area contributed by atoms with E-state index >= 15 is 0 Å². The summed E-state index contributed by atoms with van der Waals surface area (Å²) in [4.78, 5) is 22.3. The van der Waals surface area contributed by atoms with Crippen LogP contribution in [-0.4, -0.2) is 48.0 Å². The van der Waals surface area contributed by atoms with Crippen LogP contribution in [-0.2, 0) is 4.74 Å². The average molecular weight is 309 g/mol. The molecule has 9 heteroatoms. The summed E-state index contributed by atoms with van der Waals surface area (Å²) in [6, 6.07) is 0. The van der Waals surface area contributed by atoms with Crippen molar-refractivity contribution < 1.29 is 14.9 Å². The van der Waals surface area contributed by atoms with Gasteiger partial charge in [-0.1, -0.05) is 13.8 Å². The number of nitrogens with zero attached hydrogens (tertiary/aromatic N) is 3. The van der Waals surface area contributed by atoms with Crippen molar-refractivity contribution in [1.82, 2.24) is 19.5 Å². The van der Waals surface area contributed by atoms with Gasteiger partial charge in [0.05, 0.1) is 19.0 Å². The second-order valence-corrected chi connectivity index (χ2v) is 6.30. The van der Waals surface area contributed by atoms with Gasteiger partial charge in [-0.2, -0.15) is 4.98 Å². The Labute approximate surface area is 125 Å². The Hall–Kier alpha value is -1.97. The largest absolute Gasteiger partial charge is 0.394 e. The highest BCUT2D eigenvalue weighted by Crippen LogP contribution is 2.51. The van der Waals surface area contributed by atoms with Crippen molar-refractivity contribution in [3.05, 3.63) is 16.7 Å². The monoisotopic (exact) mass is 309 g/mol. The molecule has 3 heterocycles. The molecule has 3 rings (SSSR count). The van der Waals surface area contributed by atoms with Gasteiger partial charge in [-0.05, 0) is 6.92 Å². The van der Waals surface area contributed by atoms with Gasteiger partial charge in [0.2, 0.25) is 5.95 Å². The lowest BCUT2D eigenvalue weighted by atomic mass is 9.73. The second kappa shape index (κ2) is 4.51. The minimum atomic E-state index is -1.31. The van der Waals surface area contributed by atoms with Crippen LogP contribution in [0.1, 0.15) is 27.0 Å². The van der Waals surface area contributed by atoms with Gasteiger partial charge in [-0.25, -0.2) is 4.98 Å². The summed E-state index contributed by atoms with van der Waals surface area (Å²) in [7, 11) is 0. The smallest absolute Gasteiger partial charge is 0.280 e. The molecule has 22 heavy (non-hydrogen) atoms. The third-order valence-corrected chi connectivity index (χ3v) is 4.75. The van der Waals surface area contributed by atoms with Gasteiger partial charge in [-0.3, -0.25) is 14.3 Å². The minimum absolute atomic E-state index is 0.0464. The Balaban J connectivity index is 2.18. The quantitative estimate of drug-likeness (QED) is 0.579. The second-order valence-electron chi connectivity index (χ2n) is 6.30. The number of anilines is 1. The SMILES string of the molecule is CC1(C)[C@@H](CO)O[C@@H](n2cnc3c(=O)[nH]c(N)nc32)[C@]1(C)O. The summed E-state index contributed by atoms with van der Waals surface area (Å²) in [5.74, 6) is -0.0464. The van der Waals surface area contributed by atoms with E-state index in [0.717, 1.165) is 0 Å². The molecule has 0 aromatic carbocycles. The molecule has 1 aliphatic heterocycles. The molecular formula is C13H19N5O4. The third-order valence-electron chi connectivity index (χ3n) is 4.75. The normalized spacial score (nSPS) is 31.0. The van der Waals surface area contributed by atoms with Crippen LogP contribution in [0.15, 0.2) is 11.1 Å². The van der Waals surface area contributed by atoms with E-state index in [1.807, 2.05) is 13.8 Å². The van der Waals surface area contributed by atoms with Crippen molar-refractivity contribution in [2.75, 3.05) is 12.3 Å². The fourth-order valence-electron chi connectivity index (χ4n) is 2.82. The number of aliphatic hydroxyl groups excluding tert-OH is 1. The molecular weight excluding hydrogens is 290 g/mol. The van der Waals surface area contributed by atoms with Crippen molar-refractivity contribution in [2.24, 2.45) is 5.41 Å². The summed E-state index contributed by atoms with van der Waals surface area (Å²) in [6.45, 7) is 5.00. The molecule has 3 atom stereocenters. The summed E-state index contributed by atoms with van der Waals surface area (Å²) in [5.41, 5.74) is 3.42. The van der Waals surface area contributed by atoms with Gasteiger partial charge in [0.25, 0.3) is 5.56 Å². The Bertz CT molecular complexity index is 778. The van der Waals surface area contributed by atoms with Crippen LogP contribution in [0, 0.1) is 5.41 Å². The number of aromatic amines is 1. The fourth-order valence-corrected chi connectivity index (χ4v) is 2.82. The summed E-state index contributed by atoms with van der Waals surface area (Å²) >= 11 is 0. The molecule has 0 radical (unpaired) electrons. The molecule has 2 aromatic heterocycles. The number of rotatable bonds is 2. The van der Waals surface area contributed by atoms with Gasteiger partial charge in [0.15, 0.2) is 17.4 Å². The van der Waals surface area contributed by atoms with Crippen molar-refractivity contribution >= 4 is 17.1 Å². The summed E-state index contributed by atoms with van der Waals surface area (Å²) in [6.07, 6.45) is -0.0379. The molecule has 9 nitrogen and oxygen atoms in total. The highest BCUT2D eigenvalue weighted by Gasteiger charge is 2.59. The van der Waals surface area contributed by atoms with E-state index in [-0.39, 0.29) is 23.7 Å². The van der Waals surface area contributed by atoms with E-state index in [1.165, 1.54) is 10.9 Å². The Morgan fingerprint density at radius 1 is 1.50 bits per heavy atom. The predicted octanol–water partition coefficient (Wildman–Crippen LogP) is -0.631. The fraction of sp³-hybridized carbons (Fsp3) is 0.615. The number of imidazole rings is 1. The van der Waals surface area contributed by atoms with Crippen LogP contribution in [0.25, 0.3) is 11.2 Å². The topological polar surface area (TPSA) is 139 Å². The lowest BCUT2D eigenvalue weighted by Gasteiger charge is -2.36. The van der Waals surface area contributed by atoms with Crippen molar-refractivity contribution in [3.8, 4) is 0 Å². The molecule has 5 N–H and O–H groups in total. The zero-order chi connectivity index (χ0) is 16.3. The number of hydrogen-bond acceptors (Lipinski definition) is 7. The molecule has 1 fully saturated rings. The Kier molecular flexibility index (Phi) is 3.06. The maximum absolute atomic E-state index is 11.8. The van der Waals surface area contributed by atoms with Gasteiger partial charge in [0.1, 0.15) is 5.60 Å². The molecule has 120 valence electrons. The number of nitrogens with two attached hydrogens (primary N) is 1. The molecule has 0 bridgehead atoms. The number of nitrogens with one attached hydrogen (secondary N) is 1. The average Bonchev–Trinajstić information content (AvgIpc) is 2.89. The van der Waals surface area contributed by atoms with E-state index in [2.05, 4.69) is 15.0 Å². The maximum Gasteiger partial charge on any atom is 0.280 e. The van der Waals surface area contributed by atoms with E-state index in [9.17, 15) is 15.0 Å².